The van der Waals surface area contributed by atoms with Gasteiger partial charge in [0.1, 0.15) is 5.82 Å². The van der Waals surface area contributed by atoms with E-state index in [0.29, 0.717) is 11.8 Å². The van der Waals surface area contributed by atoms with Gasteiger partial charge in [0.2, 0.25) is 0 Å². The van der Waals surface area contributed by atoms with Crippen molar-refractivity contribution in [2.75, 3.05) is 13.7 Å². The van der Waals surface area contributed by atoms with E-state index in [9.17, 15) is 0 Å². The van der Waals surface area contributed by atoms with Crippen LogP contribution in [-0.2, 0) is 4.74 Å². The molecule has 1 N–H and O–H groups in total. The Balaban J connectivity index is 1.73. The number of aromatic nitrogens is 2. The number of nitrogens with one attached hydrogen (secondary N) is 1. The molecule has 1 heterocycles. The SMILES string of the molecule is COC[C@@H]1CC[C@H](c2nc3c(ccc4cc(Br)ccc43)[nH]2)C1. The molecular formula is C18H19BrN2O. The molecule has 3 aromatic rings. The number of rotatable bonds is 3. The van der Waals surface area contributed by atoms with Gasteiger partial charge in [-0.1, -0.05) is 28.1 Å². The molecule has 1 fully saturated rings. The van der Waals surface area contributed by atoms with Crippen molar-refractivity contribution in [2.24, 2.45) is 5.92 Å². The molecule has 1 saturated carbocycles. The van der Waals surface area contributed by atoms with Crippen LogP contribution in [-0.4, -0.2) is 23.7 Å². The maximum atomic E-state index is 5.30. The second kappa shape index (κ2) is 5.67. The Labute approximate surface area is 138 Å². The number of halogens is 1. The highest BCUT2D eigenvalue weighted by Crippen LogP contribution is 2.38. The third-order valence-corrected chi connectivity index (χ3v) is 5.27. The van der Waals surface area contributed by atoms with Crippen molar-refractivity contribution >= 4 is 37.7 Å². The highest BCUT2D eigenvalue weighted by molar-refractivity contribution is 9.10. The van der Waals surface area contributed by atoms with Crippen molar-refractivity contribution in [2.45, 2.75) is 25.2 Å². The highest BCUT2D eigenvalue weighted by atomic mass is 79.9. The Morgan fingerprint density at radius 1 is 1.27 bits per heavy atom. The fourth-order valence-electron chi connectivity index (χ4n) is 3.70. The Morgan fingerprint density at radius 2 is 2.18 bits per heavy atom. The molecule has 2 aromatic carbocycles. The van der Waals surface area contributed by atoms with Crippen LogP contribution >= 0.6 is 15.9 Å². The summed E-state index contributed by atoms with van der Waals surface area (Å²) in [6, 6.07) is 10.7. The molecule has 0 bridgehead atoms. The van der Waals surface area contributed by atoms with Crippen LogP contribution in [0, 0.1) is 5.92 Å². The molecule has 3 nitrogen and oxygen atoms in total. The first-order chi connectivity index (χ1) is 10.7. The molecule has 4 heteroatoms. The first-order valence-electron chi connectivity index (χ1n) is 7.81. The number of hydrogen-bond donors (Lipinski definition) is 1. The Kier molecular flexibility index (Phi) is 3.66. The quantitative estimate of drug-likeness (QED) is 0.714. The molecule has 0 saturated heterocycles. The molecule has 0 radical (unpaired) electrons. The van der Waals surface area contributed by atoms with Crippen molar-refractivity contribution in [1.82, 2.24) is 9.97 Å². The molecule has 0 unspecified atom stereocenters. The van der Waals surface area contributed by atoms with Gasteiger partial charge in [0.15, 0.2) is 0 Å². The van der Waals surface area contributed by atoms with Crippen molar-refractivity contribution in [3.63, 3.8) is 0 Å². The zero-order chi connectivity index (χ0) is 15.1. The van der Waals surface area contributed by atoms with Gasteiger partial charge in [-0.15, -0.1) is 0 Å². The summed E-state index contributed by atoms with van der Waals surface area (Å²) in [5, 5.41) is 2.44. The van der Waals surface area contributed by atoms with Gasteiger partial charge < -0.3 is 9.72 Å². The number of hydrogen-bond acceptors (Lipinski definition) is 2. The van der Waals surface area contributed by atoms with Gasteiger partial charge in [0, 0.05) is 29.5 Å². The summed E-state index contributed by atoms with van der Waals surface area (Å²) in [7, 11) is 1.79. The number of fused-ring (bicyclic) bond motifs is 3. The van der Waals surface area contributed by atoms with E-state index < -0.39 is 0 Å². The first kappa shape index (κ1) is 14.2. The predicted molar refractivity (Wildman–Crippen MR) is 93.3 cm³/mol. The fourth-order valence-corrected chi connectivity index (χ4v) is 4.07. The monoisotopic (exact) mass is 358 g/mol. The van der Waals surface area contributed by atoms with Crippen molar-refractivity contribution in [3.05, 3.63) is 40.6 Å². The Hall–Kier alpha value is -1.39. The van der Waals surface area contributed by atoms with Crippen LogP contribution in [0.5, 0.6) is 0 Å². The van der Waals surface area contributed by atoms with Crippen LogP contribution in [0.3, 0.4) is 0 Å². The standard InChI is InChI=1S/C18H19BrN2O/c1-22-10-11-2-3-13(8-11)18-20-16-7-4-12-9-14(19)5-6-15(12)17(16)21-18/h4-7,9,11,13H,2-3,8,10H2,1H3,(H,20,21)/t11-,13+/m1/s1. The van der Waals surface area contributed by atoms with Crippen molar-refractivity contribution in [1.29, 1.82) is 0 Å². The van der Waals surface area contributed by atoms with Crippen LogP contribution in [0.15, 0.2) is 34.8 Å². The van der Waals surface area contributed by atoms with Crippen LogP contribution < -0.4 is 0 Å². The van der Waals surface area contributed by atoms with E-state index in [0.717, 1.165) is 27.9 Å². The van der Waals surface area contributed by atoms with Gasteiger partial charge in [-0.2, -0.15) is 0 Å². The minimum Gasteiger partial charge on any atom is -0.384 e. The van der Waals surface area contributed by atoms with Crippen LogP contribution in [0.1, 0.15) is 31.0 Å². The lowest BCUT2D eigenvalue weighted by Gasteiger charge is -2.08. The first-order valence-corrected chi connectivity index (χ1v) is 8.60. The van der Waals surface area contributed by atoms with E-state index in [1.54, 1.807) is 7.11 Å². The Bertz CT molecular complexity index is 826. The number of methoxy groups -OCH3 is 1. The molecule has 1 aliphatic carbocycles. The highest BCUT2D eigenvalue weighted by Gasteiger charge is 2.28. The number of ether oxygens (including phenoxy) is 1. The third kappa shape index (κ3) is 2.44. The molecule has 2 atom stereocenters. The lowest BCUT2D eigenvalue weighted by Crippen LogP contribution is -2.04. The van der Waals surface area contributed by atoms with Gasteiger partial charge >= 0.3 is 0 Å². The van der Waals surface area contributed by atoms with E-state index in [1.807, 2.05) is 0 Å². The van der Waals surface area contributed by atoms with Gasteiger partial charge in [0.25, 0.3) is 0 Å². The van der Waals surface area contributed by atoms with Crippen molar-refractivity contribution < 1.29 is 4.74 Å². The summed E-state index contributed by atoms with van der Waals surface area (Å²) in [5.74, 6) is 2.36. The van der Waals surface area contributed by atoms with Crippen LogP contribution in [0.25, 0.3) is 21.8 Å². The van der Waals surface area contributed by atoms with Gasteiger partial charge in [-0.25, -0.2) is 4.98 Å². The molecule has 1 aromatic heterocycles. The summed E-state index contributed by atoms with van der Waals surface area (Å²) >= 11 is 3.54. The fraction of sp³-hybridized carbons (Fsp3) is 0.389. The zero-order valence-corrected chi connectivity index (χ0v) is 14.2. The topological polar surface area (TPSA) is 37.9 Å². The molecule has 0 amide bonds. The largest absolute Gasteiger partial charge is 0.384 e. The zero-order valence-electron chi connectivity index (χ0n) is 12.6. The molecular weight excluding hydrogens is 340 g/mol. The summed E-state index contributed by atoms with van der Waals surface area (Å²) in [5.41, 5.74) is 2.23. The summed E-state index contributed by atoms with van der Waals surface area (Å²) in [6.45, 7) is 0.869. The average Bonchev–Trinajstić information content (AvgIpc) is 3.13. The third-order valence-electron chi connectivity index (χ3n) is 4.78. The molecule has 0 spiro atoms. The second-order valence-electron chi connectivity index (χ2n) is 6.28. The van der Waals surface area contributed by atoms with Crippen molar-refractivity contribution in [3.8, 4) is 0 Å². The predicted octanol–water partition coefficient (Wildman–Crippen LogP) is 5.01. The molecule has 0 aliphatic heterocycles. The van der Waals surface area contributed by atoms with E-state index in [4.69, 9.17) is 9.72 Å². The number of imidazole rings is 1. The van der Waals surface area contributed by atoms with Crippen LogP contribution in [0.4, 0.5) is 0 Å². The minimum atomic E-state index is 0.540. The van der Waals surface area contributed by atoms with Gasteiger partial charge in [0.05, 0.1) is 11.0 Å². The summed E-state index contributed by atoms with van der Waals surface area (Å²) in [6.07, 6.45) is 3.62. The Morgan fingerprint density at radius 3 is 3.05 bits per heavy atom. The maximum Gasteiger partial charge on any atom is 0.110 e. The molecule has 22 heavy (non-hydrogen) atoms. The summed E-state index contributed by atoms with van der Waals surface area (Å²) < 4.78 is 6.41. The van der Waals surface area contributed by atoms with Gasteiger partial charge in [-0.3, -0.25) is 0 Å². The molecule has 4 rings (SSSR count). The lowest BCUT2D eigenvalue weighted by atomic mass is 10.1. The molecule has 1 aliphatic rings. The van der Waals surface area contributed by atoms with E-state index >= 15 is 0 Å². The number of benzene rings is 2. The normalized spacial score (nSPS) is 21.9. The van der Waals surface area contributed by atoms with E-state index in [2.05, 4.69) is 51.2 Å². The number of aromatic amines is 1. The number of H-pyrrole nitrogens is 1. The maximum absolute atomic E-state index is 5.30. The number of nitrogens with zero attached hydrogens (tertiary/aromatic N) is 1. The van der Waals surface area contributed by atoms with Gasteiger partial charge in [-0.05, 0) is 48.8 Å². The lowest BCUT2D eigenvalue weighted by molar-refractivity contribution is 0.154. The van der Waals surface area contributed by atoms with E-state index in [1.165, 1.54) is 30.0 Å². The second-order valence-corrected chi connectivity index (χ2v) is 7.20. The smallest absolute Gasteiger partial charge is 0.110 e. The van der Waals surface area contributed by atoms with Crippen LogP contribution in [0.2, 0.25) is 0 Å². The minimum absolute atomic E-state index is 0.540. The van der Waals surface area contributed by atoms with E-state index in [-0.39, 0.29) is 0 Å². The summed E-state index contributed by atoms with van der Waals surface area (Å²) in [4.78, 5) is 8.48. The molecule has 114 valence electrons. The average molecular weight is 359 g/mol.